The second-order valence-electron chi connectivity index (χ2n) is 6.70. The number of hydrogen-bond acceptors (Lipinski definition) is 4. The Balaban J connectivity index is 1.73. The van der Waals surface area contributed by atoms with Gasteiger partial charge in [-0.25, -0.2) is 5.01 Å². The van der Waals surface area contributed by atoms with E-state index in [9.17, 15) is 0 Å². The molecule has 4 rings (SSSR count). The molecule has 0 amide bonds. The van der Waals surface area contributed by atoms with Gasteiger partial charge in [-0.05, 0) is 24.3 Å². The Morgan fingerprint density at radius 1 is 0.867 bits per heavy atom. The number of para-hydroxylation sites is 2. The molecule has 0 spiro atoms. The van der Waals surface area contributed by atoms with Crippen LogP contribution in [0.25, 0.3) is 11.3 Å². The summed E-state index contributed by atoms with van der Waals surface area (Å²) in [5.41, 5.74) is 4.70. The van der Waals surface area contributed by atoms with E-state index in [1.54, 1.807) is 0 Å². The maximum absolute atomic E-state index is 8.92. The average Bonchev–Trinajstić information content (AvgIpc) is 3.23. The minimum atomic E-state index is 0.409. The molecular weight excluding hydrogens is 370 g/mol. The minimum absolute atomic E-state index is 0.409. The van der Waals surface area contributed by atoms with Crippen LogP contribution in [-0.2, 0) is 6.54 Å². The molecule has 0 unspecified atom stereocenters. The number of hydrogen-bond donors (Lipinski definition) is 0. The van der Waals surface area contributed by atoms with Gasteiger partial charge in [-0.15, -0.1) is 0 Å². The predicted molar refractivity (Wildman–Crippen MR) is 121 cm³/mol. The third-order valence-electron chi connectivity index (χ3n) is 4.60. The van der Waals surface area contributed by atoms with Crippen molar-refractivity contribution in [2.24, 2.45) is 5.10 Å². The normalized spacial score (nSPS) is 10.8. The van der Waals surface area contributed by atoms with Gasteiger partial charge >= 0.3 is 0 Å². The lowest BCUT2D eigenvalue weighted by Crippen LogP contribution is -2.09. The molecule has 4 aromatic rings. The number of aromatic nitrogens is 2. The first-order valence-corrected chi connectivity index (χ1v) is 9.79. The van der Waals surface area contributed by atoms with Gasteiger partial charge in [0.1, 0.15) is 5.69 Å². The quantitative estimate of drug-likeness (QED) is 0.303. The van der Waals surface area contributed by atoms with Crippen LogP contribution in [0.4, 0.5) is 11.4 Å². The number of nitriles is 1. The average molecular weight is 391 g/mol. The van der Waals surface area contributed by atoms with Crippen LogP contribution in [0.1, 0.15) is 12.0 Å². The first kappa shape index (κ1) is 19.2. The molecule has 0 aliphatic carbocycles. The number of anilines is 2. The Bertz CT molecular complexity index is 1100. The Labute approximate surface area is 176 Å². The number of hydrazone groups is 1. The number of aryl methyl sites for hydroxylation is 1. The van der Waals surface area contributed by atoms with E-state index >= 15 is 0 Å². The SMILES string of the molecule is N#CCCn1cc(/C=N\N(c2ccccc2)c2ccccc2)c(-c2ccccc2)n1. The van der Waals surface area contributed by atoms with Gasteiger partial charge in [0.25, 0.3) is 0 Å². The van der Waals surface area contributed by atoms with Crippen LogP contribution < -0.4 is 5.01 Å². The lowest BCUT2D eigenvalue weighted by atomic mass is 10.1. The summed E-state index contributed by atoms with van der Waals surface area (Å²) >= 11 is 0. The van der Waals surface area contributed by atoms with E-state index in [0.717, 1.165) is 28.2 Å². The Morgan fingerprint density at radius 2 is 1.43 bits per heavy atom. The molecule has 30 heavy (non-hydrogen) atoms. The second-order valence-corrected chi connectivity index (χ2v) is 6.70. The molecule has 1 aromatic heterocycles. The van der Waals surface area contributed by atoms with Crippen molar-refractivity contribution >= 4 is 17.6 Å². The highest BCUT2D eigenvalue weighted by Gasteiger charge is 2.12. The zero-order valence-corrected chi connectivity index (χ0v) is 16.5. The Kier molecular flexibility index (Phi) is 5.97. The monoisotopic (exact) mass is 391 g/mol. The van der Waals surface area contributed by atoms with E-state index in [4.69, 9.17) is 15.5 Å². The fourth-order valence-corrected chi connectivity index (χ4v) is 3.17. The van der Waals surface area contributed by atoms with Crippen molar-refractivity contribution in [3.8, 4) is 17.3 Å². The highest BCUT2D eigenvalue weighted by molar-refractivity contribution is 5.89. The van der Waals surface area contributed by atoms with Gasteiger partial charge in [0.15, 0.2) is 0 Å². The summed E-state index contributed by atoms with van der Waals surface area (Å²) in [4.78, 5) is 0. The Hall–Kier alpha value is -4.17. The van der Waals surface area contributed by atoms with Crippen LogP contribution in [0.15, 0.2) is 102 Å². The topological polar surface area (TPSA) is 57.2 Å². The number of benzene rings is 3. The summed E-state index contributed by atoms with van der Waals surface area (Å²) in [6.07, 6.45) is 4.18. The van der Waals surface area contributed by atoms with E-state index in [2.05, 4.69) is 6.07 Å². The number of nitrogens with zero attached hydrogens (tertiary/aromatic N) is 5. The smallest absolute Gasteiger partial charge is 0.101 e. The summed E-state index contributed by atoms with van der Waals surface area (Å²) in [7, 11) is 0. The lowest BCUT2D eigenvalue weighted by Gasteiger charge is -2.19. The van der Waals surface area contributed by atoms with Crippen LogP contribution in [-0.4, -0.2) is 16.0 Å². The third-order valence-corrected chi connectivity index (χ3v) is 4.60. The largest absolute Gasteiger partial charge is 0.270 e. The molecule has 0 fully saturated rings. The van der Waals surface area contributed by atoms with Crippen LogP contribution >= 0.6 is 0 Å². The highest BCUT2D eigenvalue weighted by Crippen LogP contribution is 2.26. The standard InChI is InChI=1S/C25H21N5/c26-17-10-18-29-20-22(25(28-29)21-11-4-1-5-12-21)19-27-30(23-13-6-2-7-14-23)24-15-8-3-9-16-24/h1-9,11-16,19-20H,10,18H2/b27-19-. The molecule has 0 aliphatic heterocycles. The molecule has 5 nitrogen and oxygen atoms in total. The molecular formula is C25H21N5. The summed E-state index contributed by atoms with van der Waals surface area (Å²) in [5, 5.41) is 20.3. The van der Waals surface area contributed by atoms with Crippen LogP contribution in [0.3, 0.4) is 0 Å². The van der Waals surface area contributed by atoms with Crippen LogP contribution in [0.2, 0.25) is 0 Å². The maximum Gasteiger partial charge on any atom is 0.101 e. The van der Waals surface area contributed by atoms with Gasteiger partial charge in [0, 0.05) is 17.3 Å². The maximum atomic E-state index is 8.92. The van der Waals surface area contributed by atoms with Crippen LogP contribution in [0, 0.1) is 11.3 Å². The Morgan fingerprint density at radius 3 is 2.00 bits per heavy atom. The fraction of sp³-hybridized carbons (Fsp3) is 0.0800. The van der Waals surface area contributed by atoms with E-state index in [1.165, 1.54) is 0 Å². The van der Waals surface area contributed by atoms with Crippen molar-refractivity contribution in [2.45, 2.75) is 13.0 Å². The summed E-state index contributed by atoms with van der Waals surface area (Å²) < 4.78 is 1.81. The van der Waals surface area contributed by atoms with Crippen molar-refractivity contribution < 1.29 is 0 Å². The van der Waals surface area contributed by atoms with E-state index < -0.39 is 0 Å². The van der Waals surface area contributed by atoms with Crippen molar-refractivity contribution in [3.63, 3.8) is 0 Å². The zero-order valence-electron chi connectivity index (χ0n) is 16.5. The fourth-order valence-electron chi connectivity index (χ4n) is 3.17. The van der Waals surface area contributed by atoms with Gasteiger partial charge in [-0.2, -0.15) is 15.5 Å². The third kappa shape index (κ3) is 4.45. The molecule has 0 bridgehead atoms. The van der Waals surface area contributed by atoms with Crippen molar-refractivity contribution in [1.29, 1.82) is 5.26 Å². The molecule has 0 saturated carbocycles. The van der Waals surface area contributed by atoms with Gasteiger partial charge < -0.3 is 0 Å². The van der Waals surface area contributed by atoms with Gasteiger partial charge in [-0.1, -0.05) is 66.7 Å². The molecule has 3 aromatic carbocycles. The summed E-state index contributed by atoms with van der Waals surface area (Å²) in [6.45, 7) is 0.547. The molecule has 0 atom stereocenters. The van der Waals surface area contributed by atoms with E-state index in [0.29, 0.717) is 13.0 Å². The van der Waals surface area contributed by atoms with Gasteiger partial charge in [0.2, 0.25) is 0 Å². The zero-order chi connectivity index (χ0) is 20.6. The predicted octanol–water partition coefficient (Wildman–Crippen LogP) is 5.64. The first-order valence-electron chi connectivity index (χ1n) is 9.79. The van der Waals surface area contributed by atoms with Gasteiger partial charge in [-0.3, -0.25) is 4.68 Å². The van der Waals surface area contributed by atoms with E-state index in [-0.39, 0.29) is 0 Å². The highest BCUT2D eigenvalue weighted by atomic mass is 15.5. The van der Waals surface area contributed by atoms with Crippen molar-refractivity contribution in [2.75, 3.05) is 5.01 Å². The molecule has 5 heteroatoms. The molecule has 1 heterocycles. The number of rotatable bonds is 7. The molecule has 0 aliphatic rings. The van der Waals surface area contributed by atoms with Crippen molar-refractivity contribution in [1.82, 2.24) is 9.78 Å². The molecule has 0 saturated heterocycles. The van der Waals surface area contributed by atoms with Crippen molar-refractivity contribution in [3.05, 3.63) is 103 Å². The second kappa shape index (κ2) is 9.35. The van der Waals surface area contributed by atoms with E-state index in [1.807, 2.05) is 113 Å². The molecule has 146 valence electrons. The lowest BCUT2D eigenvalue weighted by molar-refractivity contribution is 0.629. The first-order chi connectivity index (χ1) is 14.8. The van der Waals surface area contributed by atoms with Gasteiger partial charge in [0.05, 0.1) is 36.6 Å². The van der Waals surface area contributed by atoms with Crippen LogP contribution in [0.5, 0.6) is 0 Å². The molecule has 0 N–H and O–H groups in total. The molecule has 0 radical (unpaired) electrons. The summed E-state index contributed by atoms with van der Waals surface area (Å²) in [5.74, 6) is 0. The minimum Gasteiger partial charge on any atom is -0.270 e. The summed E-state index contributed by atoms with van der Waals surface area (Å²) in [6, 6.07) is 32.3.